The number of nitrogens with zero attached hydrogens (tertiary/aromatic N) is 2. The van der Waals surface area contributed by atoms with E-state index in [2.05, 4.69) is 4.98 Å². The molecule has 1 saturated heterocycles. The topological polar surface area (TPSA) is 68.7 Å². The predicted octanol–water partition coefficient (Wildman–Crippen LogP) is 0.793. The van der Waals surface area contributed by atoms with E-state index in [0.29, 0.717) is 18.7 Å². The molecule has 1 amide bonds. The summed E-state index contributed by atoms with van der Waals surface area (Å²) in [6.07, 6.45) is 0.286. The summed E-state index contributed by atoms with van der Waals surface area (Å²) in [5, 5.41) is 0. The molecule has 0 bridgehead atoms. The Balaban J connectivity index is 2.24. The molecule has 0 radical (unpaired) electrons. The molecule has 1 aliphatic heterocycles. The second-order valence-corrected chi connectivity index (χ2v) is 4.75. The number of aromatic nitrogens is 1. The number of hydrogen-bond acceptors (Lipinski definition) is 5. The highest BCUT2D eigenvalue weighted by molar-refractivity contribution is 5.95. The Labute approximate surface area is 117 Å². The third-order valence-corrected chi connectivity index (χ3v) is 3.44. The number of methoxy groups -OCH3 is 2. The van der Waals surface area contributed by atoms with Gasteiger partial charge in [0.05, 0.1) is 13.2 Å². The summed E-state index contributed by atoms with van der Waals surface area (Å²) >= 11 is 0. The van der Waals surface area contributed by atoms with Gasteiger partial charge in [0.25, 0.3) is 5.91 Å². The van der Waals surface area contributed by atoms with Crippen molar-refractivity contribution in [1.29, 1.82) is 0 Å². The minimum atomic E-state index is -0.611. The summed E-state index contributed by atoms with van der Waals surface area (Å²) in [5.41, 5.74) is 1.09. The number of carbonyl (C=O) groups excluding carboxylic acids is 2. The fourth-order valence-electron chi connectivity index (χ4n) is 2.36. The lowest BCUT2D eigenvalue weighted by molar-refractivity contribution is -0.145. The highest BCUT2D eigenvalue weighted by atomic mass is 16.5. The zero-order valence-corrected chi connectivity index (χ0v) is 11.8. The van der Waals surface area contributed by atoms with E-state index in [4.69, 9.17) is 9.47 Å². The molecule has 108 valence electrons. The molecule has 0 aliphatic carbocycles. The average Bonchev–Trinajstić information content (AvgIpc) is 2.90. The zero-order chi connectivity index (χ0) is 14.7. The van der Waals surface area contributed by atoms with Crippen molar-refractivity contribution in [2.75, 3.05) is 20.8 Å². The Morgan fingerprint density at radius 2 is 2.10 bits per heavy atom. The van der Waals surface area contributed by atoms with Crippen molar-refractivity contribution in [3.05, 3.63) is 29.6 Å². The SMILES string of the molecule is COC(=O)[C@H]1C[C@H](OC)CN1C(=O)c1cccc(C)n1. The lowest BCUT2D eigenvalue weighted by Gasteiger charge is -2.22. The molecule has 2 atom stereocenters. The third kappa shape index (κ3) is 2.80. The van der Waals surface area contributed by atoms with Gasteiger partial charge in [0.15, 0.2) is 0 Å². The minimum absolute atomic E-state index is 0.159. The van der Waals surface area contributed by atoms with E-state index >= 15 is 0 Å². The van der Waals surface area contributed by atoms with Crippen LogP contribution in [0.3, 0.4) is 0 Å². The molecule has 1 aromatic rings. The molecular weight excluding hydrogens is 260 g/mol. The fraction of sp³-hybridized carbons (Fsp3) is 0.500. The van der Waals surface area contributed by atoms with Gasteiger partial charge in [0, 0.05) is 25.8 Å². The monoisotopic (exact) mass is 278 g/mol. The summed E-state index contributed by atoms with van der Waals surface area (Å²) in [7, 11) is 2.88. The molecule has 1 aliphatic rings. The van der Waals surface area contributed by atoms with Crippen LogP contribution in [0.15, 0.2) is 18.2 Å². The molecule has 1 fully saturated rings. The summed E-state index contributed by atoms with van der Waals surface area (Å²) < 4.78 is 10.0. The van der Waals surface area contributed by atoms with Crippen LogP contribution in [0.5, 0.6) is 0 Å². The van der Waals surface area contributed by atoms with E-state index in [-0.39, 0.29) is 12.0 Å². The van der Waals surface area contributed by atoms with Crippen molar-refractivity contribution in [2.45, 2.75) is 25.5 Å². The van der Waals surface area contributed by atoms with Gasteiger partial charge in [-0.25, -0.2) is 9.78 Å². The molecule has 2 rings (SSSR count). The first-order chi connectivity index (χ1) is 9.56. The first kappa shape index (κ1) is 14.5. The van der Waals surface area contributed by atoms with Gasteiger partial charge in [-0.1, -0.05) is 6.07 Å². The Bertz CT molecular complexity index is 518. The Morgan fingerprint density at radius 1 is 1.35 bits per heavy atom. The molecule has 0 saturated carbocycles. The number of ether oxygens (including phenoxy) is 2. The van der Waals surface area contributed by atoms with E-state index in [1.807, 2.05) is 13.0 Å². The van der Waals surface area contributed by atoms with Gasteiger partial charge < -0.3 is 14.4 Å². The van der Waals surface area contributed by atoms with Crippen molar-refractivity contribution in [2.24, 2.45) is 0 Å². The minimum Gasteiger partial charge on any atom is -0.467 e. The van der Waals surface area contributed by atoms with Gasteiger partial charge >= 0.3 is 5.97 Å². The maximum Gasteiger partial charge on any atom is 0.328 e. The number of aryl methyl sites for hydroxylation is 1. The normalized spacial score (nSPS) is 21.9. The first-order valence-corrected chi connectivity index (χ1v) is 6.42. The van der Waals surface area contributed by atoms with E-state index in [1.54, 1.807) is 19.2 Å². The van der Waals surface area contributed by atoms with E-state index in [1.165, 1.54) is 12.0 Å². The molecule has 6 heteroatoms. The smallest absolute Gasteiger partial charge is 0.328 e. The fourth-order valence-corrected chi connectivity index (χ4v) is 2.36. The summed E-state index contributed by atoms with van der Waals surface area (Å²) in [4.78, 5) is 30.0. The number of rotatable bonds is 3. The molecule has 0 spiro atoms. The largest absolute Gasteiger partial charge is 0.467 e. The number of esters is 1. The van der Waals surface area contributed by atoms with Gasteiger partial charge in [-0.15, -0.1) is 0 Å². The Hall–Kier alpha value is -1.95. The molecular formula is C14H18N2O4. The lowest BCUT2D eigenvalue weighted by Crippen LogP contribution is -2.41. The average molecular weight is 278 g/mol. The Morgan fingerprint density at radius 3 is 2.70 bits per heavy atom. The van der Waals surface area contributed by atoms with Crippen LogP contribution in [0.1, 0.15) is 22.6 Å². The standard InChI is InChI=1S/C14H18N2O4/c1-9-5-4-6-11(15-9)13(17)16-8-10(19-2)7-12(16)14(18)20-3/h4-6,10,12H,7-8H2,1-3H3/t10-,12+/m0/s1. The van der Waals surface area contributed by atoms with Gasteiger partial charge in [0.2, 0.25) is 0 Å². The molecule has 0 N–H and O–H groups in total. The second-order valence-electron chi connectivity index (χ2n) is 4.75. The van der Waals surface area contributed by atoms with E-state index < -0.39 is 12.0 Å². The molecule has 1 aromatic heterocycles. The highest BCUT2D eigenvalue weighted by Gasteiger charge is 2.41. The van der Waals surface area contributed by atoms with Crippen LogP contribution in [0, 0.1) is 6.92 Å². The maximum atomic E-state index is 12.5. The predicted molar refractivity (Wildman–Crippen MR) is 71.2 cm³/mol. The van der Waals surface area contributed by atoms with Crippen molar-refractivity contribution in [3.63, 3.8) is 0 Å². The summed E-state index contributed by atoms with van der Waals surface area (Å²) in [6, 6.07) is 4.62. The van der Waals surface area contributed by atoms with Crippen LogP contribution < -0.4 is 0 Å². The van der Waals surface area contributed by atoms with Gasteiger partial charge in [0.1, 0.15) is 11.7 Å². The van der Waals surface area contributed by atoms with Gasteiger partial charge in [-0.3, -0.25) is 4.79 Å². The molecule has 0 aromatic carbocycles. The van der Waals surface area contributed by atoms with Crippen LogP contribution in [0.4, 0.5) is 0 Å². The number of pyridine rings is 1. The van der Waals surface area contributed by atoms with Crippen LogP contribution in [0.25, 0.3) is 0 Å². The zero-order valence-electron chi connectivity index (χ0n) is 11.8. The van der Waals surface area contributed by atoms with E-state index in [9.17, 15) is 9.59 Å². The molecule has 20 heavy (non-hydrogen) atoms. The molecule has 0 unspecified atom stereocenters. The van der Waals surface area contributed by atoms with Crippen molar-refractivity contribution in [1.82, 2.24) is 9.88 Å². The van der Waals surface area contributed by atoms with Crippen molar-refractivity contribution >= 4 is 11.9 Å². The number of hydrogen-bond donors (Lipinski definition) is 0. The lowest BCUT2D eigenvalue weighted by atomic mass is 10.2. The molecule has 6 nitrogen and oxygen atoms in total. The summed E-state index contributed by atoms with van der Waals surface area (Å²) in [6.45, 7) is 2.18. The van der Waals surface area contributed by atoms with Gasteiger partial charge in [-0.05, 0) is 19.1 Å². The summed E-state index contributed by atoms with van der Waals surface area (Å²) in [5.74, 6) is -0.700. The van der Waals surface area contributed by atoms with Crippen LogP contribution in [0.2, 0.25) is 0 Å². The second kappa shape index (κ2) is 6.00. The van der Waals surface area contributed by atoms with Crippen molar-refractivity contribution < 1.29 is 19.1 Å². The quantitative estimate of drug-likeness (QED) is 0.765. The molecule has 2 heterocycles. The number of carbonyl (C=O) groups is 2. The first-order valence-electron chi connectivity index (χ1n) is 6.42. The number of likely N-dealkylation sites (tertiary alicyclic amines) is 1. The Kier molecular flexibility index (Phi) is 4.34. The van der Waals surface area contributed by atoms with Crippen LogP contribution in [-0.4, -0.2) is 54.7 Å². The van der Waals surface area contributed by atoms with Crippen LogP contribution in [-0.2, 0) is 14.3 Å². The maximum absolute atomic E-state index is 12.5. The third-order valence-electron chi connectivity index (χ3n) is 3.44. The highest BCUT2D eigenvalue weighted by Crippen LogP contribution is 2.23. The van der Waals surface area contributed by atoms with E-state index in [0.717, 1.165) is 5.69 Å². The van der Waals surface area contributed by atoms with Gasteiger partial charge in [-0.2, -0.15) is 0 Å². The number of amides is 1. The van der Waals surface area contributed by atoms with Crippen molar-refractivity contribution in [3.8, 4) is 0 Å². The van der Waals surface area contributed by atoms with Crippen LogP contribution >= 0.6 is 0 Å².